The van der Waals surface area contributed by atoms with Crippen molar-refractivity contribution in [2.24, 2.45) is 0 Å². The number of nitrogens with zero attached hydrogens (tertiary/aromatic N) is 3. The van der Waals surface area contributed by atoms with Gasteiger partial charge in [-0.05, 0) is 27.9 Å². The molecule has 94 valence electrons. The van der Waals surface area contributed by atoms with Gasteiger partial charge in [0, 0.05) is 12.3 Å². The first-order valence-corrected chi connectivity index (χ1v) is 6.26. The molecule has 0 spiro atoms. The van der Waals surface area contributed by atoms with Crippen molar-refractivity contribution in [3.8, 4) is 0 Å². The summed E-state index contributed by atoms with van der Waals surface area (Å²) in [5.74, 6) is 0.457. The Hall–Kier alpha value is -1.14. The minimum atomic E-state index is -0.963. The Morgan fingerprint density at radius 3 is 2.53 bits per heavy atom. The van der Waals surface area contributed by atoms with Gasteiger partial charge in [-0.1, -0.05) is 0 Å². The Morgan fingerprint density at radius 2 is 2.00 bits per heavy atom. The Labute approximate surface area is 105 Å². The highest BCUT2D eigenvalue weighted by molar-refractivity contribution is 7.99. The molecule has 6 heteroatoms. The van der Waals surface area contributed by atoms with E-state index in [1.807, 2.05) is 19.0 Å². The normalized spacial score (nSPS) is 10.9. The van der Waals surface area contributed by atoms with E-state index < -0.39 is 5.97 Å². The molecule has 1 N–H and O–H groups in total. The molecule has 0 saturated carbocycles. The number of hydrogen-bond donors (Lipinski definition) is 1. The van der Waals surface area contributed by atoms with E-state index in [2.05, 4.69) is 9.97 Å². The number of hydrogen-bond acceptors (Lipinski definition) is 5. The van der Waals surface area contributed by atoms with Gasteiger partial charge in [-0.15, -0.1) is 11.8 Å². The lowest BCUT2D eigenvalue weighted by atomic mass is 10.2. The first-order chi connectivity index (χ1) is 7.91. The summed E-state index contributed by atoms with van der Waals surface area (Å²) in [6.45, 7) is 4.36. The highest BCUT2D eigenvalue weighted by Crippen LogP contribution is 2.22. The fraction of sp³-hybridized carbons (Fsp3) is 0.545. The van der Waals surface area contributed by atoms with Gasteiger partial charge in [0.1, 0.15) is 16.4 Å². The summed E-state index contributed by atoms with van der Waals surface area (Å²) in [6.07, 6.45) is 0. The van der Waals surface area contributed by atoms with Crippen LogP contribution in [-0.2, 0) is 0 Å². The maximum Gasteiger partial charge on any atom is 0.340 e. The summed E-state index contributed by atoms with van der Waals surface area (Å²) < 4.78 is 0. The molecule has 0 radical (unpaired) electrons. The van der Waals surface area contributed by atoms with Gasteiger partial charge in [0.15, 0.2) is 0 Å². The molecule has 0 aliphatic rings. The van der Waals surface area contributed by atoms with E-state index in [9.17, 15) is 4.79 Å². The predicted octanol–water partition coefficient (Wildman–Crippen LogP) is 1.45. The molecule has 17 heavy (non-hydrogen) atoms. The molecule has 1 heterocycles. The molecule has 0 aliphatic carbocycles. The monoisotopic (exact) mass is 255 g/mol. The molecule has 1 rings (SSSR count). The minimum Gasteiger partial charge on any atom is -0.478 e. The molecule has 1 aromatic heterocycles. The fourth-order valence-electron chi connectivity index (χ4n) is 1.36. The van der Waals surface area contributed by atoms with Crippen LogP contribution in [0.15, 0.2) is 5.03 Å². The van der Waals surface area contributed by atoms with E-state index in [-0.39, 0.29) is 5.56 Å². The summed E-state index contributed by atoms with van der Waals surface area (Å²) in [5.41, 5.74) is 0.747. The first-order valence-electron chi connectivity index (χ1n) is 5.28. The number of carbonyl (C=O) groups is 1. The summed E-state index contributed by atoms with van der Waals surface area (Å²) in [4.78, 5) is 21.5. The summed E-state index contributed by atoms with van der Waals surface area (Å²) in [7, 11) is 3.96. The Morgan fingerprint density at radius 1 is 1.35 bits per heavy atom. The van der Waals surface area contributed by atoms with Gasteiger partial charge in [-0.2, -0.15) is 0 Å². The van der Waals surface area contributed by atoms with Crippen molar-refractivity contribution in [3.05, 3.63) is 17.1 Å². The maximum atomic E-state index is 11.1. The SMILES string of the molecule is Cc1nc(C)c(C(=O)O)c(SCCN(C)C)n1. The highest BCUT2D eigenvalue weighted by Gasteiger charge is 2.17. The van der Waals surface area contributed by atoms with Gasteiger partial charge in [0.25, 0.3) is 0 Å². The second-order valence-corrected chi connectivity index (χ2v) is 5.08. The van der Waals surface area contributed by atoms with Gasteiger partial charge in [0.2, 0.25) is 0 Å². The zero-order valence-corrected chi connectivity index (χ0v) is 11.3. The second kappa shape index (κ2) is 5.97. The van der Waals surface area contributed by atoms with E-state index >= 15 is 0 Å². The van der Waals surface area contributed by atoms with Crippen molar-refractivity contribution in [3.63, 3.8) is 0 Å². The number of aromatic nitrogens is 2. The van der Waals surface area contributed by atoms with Crippen LogP contribution in [0.1, 0.15) is 21.9 Å². The molecule has 0 atom stereocenters. The molecule has 0 unspecified atom stereocenters. The van der Waals surface area contributed by atoms with Gasteiger partial charge in [-0.3, -0.25) is 0 Å². The van der Waals surface area contributed by atoms with Gasteiger partial charge < -0.3 is 10.0 Å². The lowest BCUT2D eigenvalue weighted by molar-refractivity contribution is 0.0690. The Bertz CT molecular complexity index is 421. The quantitative estimate of drug-likeness (QED) is 0.634. The van der Waals surface area contributed by atoms with Gasteiger partial charge in [0.05, 0.1) is 5.69 Å². The fourth-order valence-corrected chi connectivity index (χ4v) is 2.58. The number of rotatable bonds is 5. The lowest BCUT2D eigenvalue weighted by Crippen LogP contribution is -2.15. The smallest absolute Gasteiger partial charge is 0.340 e. The van der Waals surface area contributed by atoms with Crippen LogP contribution >= 0.6 is 11.8 Å². The standard InChI is InChI=1S/C11H17N3O2S/c1-7-9(11(15)16)10(13-8(2)12-7)17-6-5-14(3)4/h5-6H2,1-4H3,(H,15,16). The second-order valence-electron chi connectivity index (χ2n) is 3.99. The first kappa shape index (κ1) is 13.9. The van der Waals surface area contributed by atoms with E-state index in [4.69, 9.17) is 5.11 Å². The molecule has 0 aromatic carbocycles. The topological polar surface area (TPSA) is 66.3 Å². The average Bonchev–Trinajstić information content (AvgIpc) is 2.14. The third-order valence-electron chi connectivity index (χ3n) is 2.16. The molecule has 0 amide bonds. The van der Waals surface area contributed by atoms with Crippen molar-refractivity contribution in [1.82, 2.24) is 14.9 Å². The summed E-state index contributed by atoms with van der Waals surface area (Å²) in [6, 6.07) is 0. The molecule has 0 bridgehead atoms. The van der Waals surface area contributed by atoms with E-state index in [0.717, 1.165) is 12.3 Å². The van der Waals surface area contributed by atoms with Crippen LogP contribution in [0.3, 0.4) is 0 Å². The molecule has 0 fully saturated rings. The zero-order valence-electron chi connectivity index (χ0n) is 10.5. The van der Waals surface area contributed by atoms with Crippen LogP contribution in [0.25, 0.3) is 0 Å². The van der Waals surface area contributed by atoms with Crippen molar-refractivity contribution in [1.29, 1.82) is 0 Å². The van der Waals surface area contributed by atoms with Crippen LogP contribution in [0.5, 0.6) is 0 Å². The number of aryl methyl sites for hydroxylation is 2. The Kier molecular flexibility index (Phi) is 4.89. The number of carboxylic acids is 1. The van der Waals surface area contributed by atoms with Crippen molar-refractivity contribution >= 4 is 17.7 Å². The zero-order chi connectivity index (χ0) is 13.0. The third-order valence-corrected chi connectivity index (χ3v) is 3.12. The summed E-state index contributed by atoms with van der Waals surface area (Å²) in [5, 5.41) is 9.70. The number of thioether (sulfide) groups is 1. The van der Waals surface area contributed by atoms with Crippen LogP contribution in [-0.4, -0.2) is 52.3 Å². The van der Waals surface area contributed by atoms with Crippen LogP contribution in [0.4, 0.5) is 0 Å². The minimum absolute atomic E-state index is 0.222. The molecule has 1 aromatic rings. The van der Waals surface area contributed by atoms with Gasteiger partial charge >= 0.3 is 5.97 Å². The van der Waals surface area contributed by atoms with Crippen molar-refractivity contribution in [2.45, 2.75) is 18.9 Å². The van der Waals surface area contributed by atoms with Crippen molar-refractivity contribution in [2.75, 3.05) is 26.4 Å². The molecular formula is C11H17N3O2S. The number of aromatic carboxylic acids is 1. The molecule has 0 aliphatic heterocycles. The predicted molar refractivity (Wildman–Crippen MR) is 67.7 cm³/mol. The largest absolute Gasteiger partial charge is 0.478 e. The molecule has 0 saturated heterocycles. The lowest BCUT2D eigenvalue weighted by Gasteiger charge is -2.11. The molecular weight excluding hydrogens is 238 g/mol. The molecule has 5 nitrogen and oxygen atoms in total. The van der Waals surface area contributed by atoms with Crippen molar-refractivity contribution < 1.29 is 9.90 Å². The van der Waals surface area contributed by atoms with E-state index in [0.29, 0.717) is 16.5 Å². The highest BCUT2D eigenvalue weighted by atomic mass is 32.2. The summed E-state index contributed by atoms with van der Waals surface area (Å²) >= 11 is 1.46. The van der Waals surface area contributed by atoms with Gasteiger partial charge in [-0.25, -0.2) is 14.8 Å². The van der Waals surface area contributed by atoms with Crippen LogP contribution < -0.4 is 0 Å². The average molecular weight is 255 g/mol. The van der Waals surface area contributed by atoms with E-state index in [1.54, 1.807) is 13.8 Å². The third kappa shape index (κ3) is 3.98. The maximum absolute atomic E-state index is 11.1. The van der Waals surface area contributed by atoms with E-state index in [1.165, 1.54) is 11.8 Å². The van der Waals surface area contributed by atoms with Crippen LogP contribution in [0.2, 0.25) is 0 Å². The van der Waals surface area contributed by atoms with Crippen LogP contribution in [0, 0.1) is 13.8 Å². The number of carboxylic acid groups (broad SMARTS) is 1. The Balaban J connectivity index is 2.92.